The zero-order valence-corrected chi connectivity index (χ0v) is 12.0. The number of rotatable bonds is 1. The molecule has 1 N–H and O–H groups in total. The van der Waals surface area contributed by atoms with E-state index >= 15 is 0 Å². The Hall–Kier alpha value is -0.850. The second-order valence-electron chi connectivity index (χ2n) is 3.44. The monoisotopic (exact) mass is 329 g/mol. The van der Waals surface area contributed by atoms with Crippen molar-refractivity contribution in [2.45, 2.75) is 0 Å². The van der Waals surface area contributed by atoms with Crippen molar-refractivity contribution in [3.05, 3.63) is 33.1 Å². The second kappa shape index (κ2) is 4.80. The van der Waals surface area contributed by atoms with Crippen molar-refractivity contribution >= 4 is 56.2 Å². The molecule has 1 saturated heterocycles. The van der Waals surface area contributed by atoms with Crippen molar-refractivity contribution in [2.24, 2.45) is 0 Å². The van der Waals surface area contributed by atoms with E-state index in [0.717, 1.165) is 4.47 Å². The molecule has 1 amide bonds. The Balaban J connectivity index is 2.40. The number of nitrogens with zero attached hydrogens (tertiary/aromatic N) is 1. The number of carbonyl (C=O) groups is 1. The molecule has 6 heteroatoms. The summed E-state index contributed by atoms with van der Waals surface area (Å²) in [5, 5.41) is 9.68. The predicted molar refractivity (Wildman–Crippen MR) is 76.7 cm³/mol. The van der Waals surface area contributed by atoms with Gasteiger partial charge in [-0.1, -0.05) is 39.9 Å². The standard InChI is InChI=1S/C11H8BrNO2S2/c1-13-10(15)9(17-11(13)16)5-6-4-7(12)2-3-8(6)14/h2-5,14H,1H3. The van der Waals surface area contributed by atoms with Crippen molar-refractivity contribution in [1.29, 1.82) is 0 Å². The first-order valence-corrected chi connectivity index (χ1v) is 6.71. The normalized spacial score (nSPS) is 18.2. The van der Waals surface area contributed by atoms with E-state index in [1.54, 1.807) is 31.3 Å². The van der Waals surface area contributed by atoms with E-state index < -0.39 is 0 Å². The summed E-state index contributed by atoms with van der Waals surface area (Å²) in [5.74, 6) is -0.00560. The highest BCUT2D eigenvalue weighted by molar-refractivity contribution is 9.10. The van der Waals surface area contributed by atoms with Crippen LogP contribution in [-0.4, -0.2) is 27.3 Å². The summed E-state index contributed by atoms with van der Waals surface area (Å²) in [6.45, 7) is 0. The minimum atomic E-state index is -0.139. The number of thioether (sulfide) groups is 1. The van der Waals surface area contributed by atoms with Gasteiger partial charge in [0.05, 0.1) is 4.91 Å². The Kier molecular flexibility index (Phi) is 3.56. The minimum Gasteiger partial charge on any atom is -0.507 e. The number of likely N-dealkylation sites (N-methyl/N-ethyl adjacent to an activating group) is 1. The summed E-state index contributed by atoms with van der Waals surface area (Å²) in [4.78, 5) is 13.7. The summed E-state index contributed by atoms with van der Waals surface area (Å²) in [6.07, 6.45) is 1.64. The van der Waals surface area contributed by atoms with Crippen LogP contribution in [-0.2, 0) is 4.79 Å². The molecule has 0 unspecified atom stereocenters. The number of amides is 1. The summed E-state index contributed by atoms with van der Waals surface area (Å²) in [5.41, 5.74) is 0.591. The van der Waals surface area contributed by atoms with E-state index in [0.29, 0.717) is 14.8 Å². The lowest BCUT2D eigenvalue weighted by Crippen LogP contribution is -2.22. The molecule has 0 aromatic heterocycles. The molecule has 0 bridgehead atoms. The van der Waals surface area contributed by atoms with Crippen LogP contribution < -0.4 is 0 Å². The van der Waals surface area contributed by atoms with Crippen LogP contribution in [0.1, 0.15) is 5.56 Å². The van der Waals surface area contributed by atoms with Crippen LogP contribution in [0.2, 0.25) is 0 Å². The molecule has 0 saturated carbocycles. The van der Waals surface area contributed by atoms with E-state index in [1.807, 2.05) is 0 Å². The second-order valence-corrected chi connectivity index (χ2v) is 6.04. The average Bonchev–Trinajstić information content (AvgIpc) is 2.52. The first-order valence-electron chi connectivity index (χ1n) is 4.69. The zero-order chi connectivity index (χ0) is 12.6. The quantitative estimate of drug-likeness (QED) is 0.635. The third-order valence-electron chi connectivity index (χ3n) is 2.26. The van der Waals surface area contributed by atoms with Gasteiger partial charge in [0, 0.05) is 17.1 Å². The molecule has 0 atom stereocenters. The number of phenolic OH excluding ortho intramolecular Hbond substituents is 1. The van der Waals surface area contributed by atoms with Crippen LogP contribution in [0.5, 0.6) is 5.75 Å². The van der Waals surface area contributed by atoms with Crippen LogP contribution in [0.4, 0.5) is 0 Å². The molecule has 1 aliphatic rings. The molecule has 3 nitrogen and oxygen atoms in total. The van der Waals surface area contributed by atoms with Gasteiger partial charge >= 0.3 is 0 Å². The van der Waals surface area contributed by atoms with Gasteiger partial charge in [-0.05, 0) is 24.3 Å². The molecule has 1 aliphatic heterocycles. The van der Waals surface area contributed by atoms with Crippen molar-refractivity contribution in [2.75, 3.05) is 7.05 Å². The molecular weight excluding hydrogens is 322 g/mol. The Morgan fingerprint density at radius 2 is 2.24 bits per heavy atom. The van der Waals surface area contributed by atoms with Crippen molar-refractivity contribution in [3.8, 4) is 5.75 Å². The smallest absolute Gasteiger partial charge is 0.265 e. The molecular formula is C11H8BrNO2S2. The molecule has 1 aromatic rings. The van der Waals surface area contributed by atoms with Gasteiger partial charge in [0.25, 0.3) is 5.91 Å². The Labute approximate surface area is 117 Å². The number of thiocarbonyl (C=S) groups is 1. The fraction of sp³-hybridized carbons (Fsp3) is 0.0909. The number of benzene rings is 1. The summed E-state index contributed by atoms with van der Waals surface area (Å²) in [7, 11) is 1.64. The maximum atomic E-state index is 11.8. The van der Waals surface area contributed by atoms with E-state index in [4.69, 9.17) is 12.2 Å². The molecule has 0 radical (unpaired) electrons. The topological polar surface area (TPSA) is 40.5 Å². The highest BCUT2D eigenvalue weighted by Crippen LogP contribution is 2.33. The van der Waals surface area contributed by atoms with Gasteiger partial charge in [0.15, 0.2) is 0 Å². The van der Waals surface area contributed by atoms with Crippen molar-refractivity contribution < 1.29 is 9.90 Å². The maximum absolute atomic E-state index is 11.8. The van der Waals surface area contributed by atoms with Crippen LogP contribution in [0.15, 0.2) is 27.6 Å². The number of aromatic hydroxyl groups is 1. The third-order valence-corrected chi connectivity index (χ3v) is 4.24. The molecule has 0 aliphatic carbocycles. The summed E-state index contributed by atoms with van der Waals surface area (Å²) >= 11 is 9.58. The molecule has 2 rings (SSSR count). The van der Waals surface area contributed by atoms with Crippen molar-refractivity contribution in [3.63, 3.8) is 0 Å². The van der Waals surface area contributed by atoms with Crippen LogP contribution in [0.3, 0.4) is 0 Å². The van der Waals surface area contributed by atoms with Crippen LogP contribution >= 0.6 is 39.9 Å². The van der Waals surface area contributed by atoms with E-state index in [-0.39, 0.29) is 11.7 Å². The first-order chi connectivity index (χ1) is 7.99. The lowest BCUT2D eigenvalue weighted by molar-refractivity contribution is -0.121. The molecule has 1 fully saturated rings. The van der Waals surface area contributed by atoms with E-state index in [2.05, 4.69) is 15.9 Å². The summed E-state index contributed by atoms with van der Waals surface area (Å²) in [6, 6.07) is 5.05. The van der Waals surface area contributed by atoms with E-state index in [1.165, 1.54) is 16.7 Å². The molecule has 1 heterocycles. The van der Waals surface area contributed by atoms with E-state index in [9.17, 15) is 9.90 Å². The van der Waals surface area contributed by atoms with Gasteiger partial charge in [-0.2, -0.15) is 0 Å². The fourth-order valence-corrected chi connectivity index (χ4v) is 2.88. The highest BCUT2D eigenvalue weighted by atomic mass is 79.9. The maximum Gasteiger partial charge on any atom is 0.265 e. The Morgan fingerprint density at radius 1 is 1.53 bits per heavy atom. The minimum absolute atomic E-state index is 0.134. The van der Waals surface area contributed by atoms with Gasteiger partial charge in [-0.3, -0.25) is 9.69 Å². The first kappa shape index (κ1) is 12.6. The fourth-order valence-electron chi connectivity index (χ4n) is 1.33. The van der Waals surface area contributed by atoms with Gasteiger partial charge < -0.3 is 5.11 Å². The molecule has 88 valence electrons. The predicted octanol–water partition coefficient (Wildman–Crippen LogP) is 2.99. The summed E-state index contributed by atoms with van der Waals surface area (Å²) < 4.78 is 1.37. The number of carbonyl (C=O) groups excluding carboxylic acids is 1. The average molecular weight is 330 g/mol. The Morgan fingerprint density at radius 3 is 2.82 bits per heavy atom. The largest absolute Gasteiger partial charge is 0.507 e. The number of hydrogen-bond donors (Lipinski definition) is 1. The van der Waals surface area contributed by atoms with Crippen molar-refractivity contribution in [1.82, 2.24) is 4.90 Å². The number of phenols is 1. The lowest BCUT2D eigenvalue weighted by atomic mass is 10.2. The third kappa shape index (κ3) is 2.53. The SMILES string of the molecule is CN1C(=O)C(=Cc2cc(Br)ccc2O)SC1=S. The molecule has 17 heavy (non-hydrogen) atoms. The highest BCUT2D eigenvalue weighted by Gasteiger charge is 2.28. The lowest BCUT2D eigenvalue weighted by Gasteiger charge is -2.04. The molecule has 1 aromatic carbocycles. The number of halogens is 1. The van der Waals surface area contributed by atoms with Gasteiger partial charge in [-0.15, -0.1) is 0 Å². The van der Waals surface area contributed by atoms with Gasteiger partial charge in [0.2, 0.25) is 0 Å². The molecule has 0 spiro atoms. The van der Waals surface area contributed by atoms with Gasteiger partial charge in [0.1, 0.15) is 10.1 Å². The number of hydrogen-bond acceptors (Lipinski definition) is 4. The van der Waals surface area contributed by atoms with Crippen LogP contribution in [0.25, 0.3) is 6.08 Å². The van der Waals surface area contributed by atoms with Gasteiger partial charge in [-0.25, -0.2) is 0 Å². The zero-order valence-electron chi connectivity index (χ0n) is 8.81. The Bertz CT molecular complexity index is 542. The van der Waals surface area contributed by atoms with Crippen LogP contribution in [0, 0.1) is 0 Å².